The van der Waals surface area contributed by atoms with Gasteiger partial charge in [-0.15, -0.1) is 12.4 Å². The standard InChI is InChI=1S/C6H13N.ClH/c1-5(2)6-3-7-4-6;/h5-7H,3-4H2,1-2H3;1H. The minimum atomic E-state index is 0. The van der Waals surface area contributed by atoms with Crippen molar-refractivity contribution in [2.75, 3.05) is 13.1 Å². The molecule has 0 radical (unpaired) electrons. The summed E-state index contributed by atoms with van der Waals surface area (Å²) in [4.78, 5) is 0. The molecule has 50 valence electrons. The van der Waals surface area contributed by atoms with Crippen molar-refractivity contribution in [3.8, 4) is 0 Å². The molecule has 0 atom stereocenters. The fraction of sp³-hybridized carbons (Fsp3) is 1.00. The molecular formula is C6H14ClN. The van der Waals surface area contributed by atoms with Crippen LogP contribution in [-0.2, 0) is 0 Å². The lowest BCUT2D eigenvalue weighted by Gasteiger charge is -2.30. The molecule has 2 heteroatoms. The number of hydrogen-bond acceptors (Lipinski definition) is 1. The molecule has 0 aromatic heterocycles. The molecule has 8 heavy (non-hydrogen) atoms. The third-order valence-electron chi connectivity index (χ3n) is 1.76. The predicted molar refractivity (Wildman–Crippen MR) is 38.4 cm³/mol. The van der Waals surface area contributed by atoms with Crippen molar-refractivity contribution in [3.05, 3.63) is 0 Å². The van der Waals surface area contributed by atoms with Crippen molar-refractivity contribution in [3.63, 3.8) is 0 Å². The van der Waals surface area contributed by atoms with Gasteiger partial charge in [0, 0.05) is 0 Å². The van der Waals surface area contributed by atoms with Gasteiger partial charge in [0.25, 0.3) is 0 Å². The molecule has 0 spiro atoms. The first-order valence-corrected chi connectivity index (χ1v) is 3.01. The Morgan fingerprint density at radius 2 is 1.88 bits per heavy atom. The smallest absolute Gasteiger partial charge is 0.000580 e. The van der Waals surface area contributed by atoms with E-state index >= 15 is 0 Å². The van der Waals surface area contributed by atoms with E-state index in [9.17, 15) is 0 Å². The van der Waals surface area contributed by atoms with Crippen LogP contribution in [0.3, 0.4) is 0 Å². The van der Waals surface area contributed by atoms with E-state index in [0.29, 0.717) is 0 Å². The SMILES string of the molecule is CC(C)C1CNC1.Cl. The Morgan fingerprint density at radius 3 is 1.88 bits per heavy atom. The minimum absolute atomic E-state index is 0. The van der Waals surface area contributed by atoms with Gasteiger partial charge in [-0.3, -0.25) is 0 Å². The molecule has 1 aliphatic heterocycles. The highest BCUT2D eigenvalue weighted by Crippen LogP contribution is 2.13. The maximum Gasteiger partial charge on any atom is -0.000580 e. The summed E-state index contributed by atoms with van der Waals surface area (Å²) >= 11 is 0. The van der Waals surface area contributed by atoms with Crippen LogP contribution >= 0.6 is 12.4 Å². The fourth-order valence-electron chi connectivity index (χ4n) is 0.782. The monoisotopic (exact) mass is 135 g/mol. The average molecular weight is 136 g/mol. The van der Waals surface area contributed by atoms with E-state index in [-0.39, 0.29) is 12.4 Å². The van der Waals surface area contributed by atoms with E-state index in [4.69, 9.17) is 0 Å². The van der Waals surface area contributed by atoms with Gasteiger partial charge in [-0.1, -0.05) is 13.8 Å². The first kappa shape index (κ1) is 8.25. The maximum absolute atomic E-state index is 3.24. The van der Waals surface area contributed by atoms with Gasteiger partial charge in [0.05, 0.1) is 0 Å². The van der Waals surface area contributed by atoms with Gasteiger partial charge >= 0.3 is 0 Å². The lowest BCUT2D eigenvalue weighted by atomic mass is 9.91. The van der Waals surface area contributed by atoms with Crippen molar-refractivity contribution in [1.82, 2.24) is 5.32 Å². The molecule has 0 saturated carbocycles. The Kier molecular flexibility index (Phi) is 3.41. The Bertz CT molecular complexity index is 59.5. The van der Waals surface area contributed by atoms with Crippen LogP contribution in [0.4, 0.5) is 0 Å². The normalized spacial score (nSPS) is 19.9. The molecule has 1 N–H and O–H groups in total. The zero-order valence-electron chi connectivity index (χ0n) is 5.48. The summed E-state index contributed by atoms with van der Waals surface area (Å²) in [6, 6.07) is 0. The molecule has 1 saturated heterocycles. The van der Waals surface area contributed by atoms with Crippen LogP contribution in [0.5, 0.6) is 0 Å². The second-order valence-corrected chi connectivity index (χ2v) is 2.66. The third-order valence-corrected chi connectivity index (χ3v) is 1.76. The highest BCUT2D eigenvalue weighted by molar-refractivity contribution is 5.85. The van der Waals surface area contributed by atoms with E-state index in [1.165, 1.54) is 13.1 Å². The predicted octanol–water partition coefficient (Wildman–Crippen LogP) is 1.28. The summed E-state index contributed by atoms with van der Waals surface area (Å²) in [5, 5.41) is 3.24. The van der Waals surface area contributed by atoms with Crippen LogP contribution < -0.4 is 5.32 Å². The Morgan fingerprint density at radius 1 is 1.38 bits per heavy atom. The molecule has 0 aromatic rings. The summed E-state index contributed by atoms with van der Waals surface area (Å²) < 4.78 is 0. The Balaban J connectivity index is 0.000000490. The molecule has 1 heterocycles. The number of halogens is 1. The zero-order valence-corrected chi connectivity index (χ0v) is 6.29. The molecular weight excluding hydrogens is 122 g/mol. The minimum Gasteiger partial charge on any atom is -0.316 e. The molecule has 1 rings (SSSR count). The molecule has 1 fully saturated rings. The molecule has 0 aliphatic carbocycles. The highest BCUT2D eigenvalue weighted by atomic mass is 35.5. The summed E-state index contributed by atoms with van der Waals surface area (Å²) in [5.41, 5.74) is 0. The van der Waals surface area contributed by atoms with Crippen LogP contribution in [0.15, 0.2) is 0 Å². The number of rotatable bonds is 1. The zero-order chi connectivity index (χ0) is 5.28. The highest BCUT2D eigenvalue weighted by Gasteiger charge is 2.19. The van der Waals surface area contributed by atoms with Gasteiger partial charge < -0.3 is 5.32 Å². The molecule has 0 amide bonds. The molecule has 0 bridgehead atoms. The first-order chi connectivity index (χ1) is 3.30. The molecule has 0 aromatic carbocycles. The molecule has 1 aliphatic rings. The van der Waals surface area contributed by atoms with Crippen molar-refractivity contribution >= 4 is 12.4 Å². The number of hydrogen-bond donors (Lipinski definition) is 1. The average Bonchev–Trinajstić information content (AvgIpc) is 1.23. The van der Waals surface area contributed by atoms with Crippen molar-refractivity contribution in [2.24, 2.45) is 11.8 Å². The van der Waals surface area contributed by atoms with Gasteiger partial charge in [0.15, 0.2) is 0 Å². The summed E-state index contributed by atoms with van der Waals surface area (Å²) in [5.74, 6) is 1.86. The lowest BCUT2D eigenvalue weighted by Crippen LogP contribution is -2.44. The summed E-state index contributed by atoms with van der Waals surface area (Å²) in [6.07, 6.45) is 0. The Labute approximate surface area is 57.3 Å². The van der Waals surface area contributed by atoms with Gasteiger partial charge in [-0.2, -0.15) is 0 Å². The maximum atomic E-state index is 3.24. The summed E-state index contributed by atoms with van der Waals surface area (Å²) in [7, 11) is 0. The van der Waals surface area contributed by atoms with Gasteiger partial charge in [-0.25, -0.2) is 0 Å². The van der Waals surface area contributed by atoms with E-state index in [0.717, 1.165) is 11.8 Å². The van der Waals surface area contributed by atoms with Crippen molar-refractivity contribution in [1.29, 1.82) is 0 Å². The van der Waals surface area contributed by atoms with Crippen LogP contribution in [0.2, 0.25) is 0 Å². The molecule has 0 unspecified atom stereocenters. The summed E-state index contributed by atoms with van der Waals surface area (Å²) in [6.45, 7) is 7.06. The van der Waals surface area contributed by atoms with Crippen LogP contribution in [-0.4, -0.2) is 13.1 Å². The fourth-order valence-corrected chi connectivity index (χ4v) is 0.782. The number of nitrogens with one attached hydrogen (secondary N) is 1. The molecule has 1 nitrogen and oxygen atoms in total. The van der Waals surface area contributed by atoms with E-state index < -0.39 is 0 Å². The third kappa shape index (κ3) is 1.64. The van der Waals surface area contributed by atoms with Crippen LogP contribution in [0.25, 0.3) is 0 Å². The van der Waals surface area contributed by atoms with Crippen molar-refractivity contribution < 1.29 is 0 Å². The van der Waals surface area contributed by atoms with Gasteiger partial charge in [-0.05, 0) is 24.9 Å². The van der Waals surface area contributed by atoms with Crippen LogP contribution in [0, 0.1) is 11.8 Å². The Hall–Kier alpha value is 0.250. The quantitative estimate of drug-likeness (QED) is 0.572. The van der Waals surface area contributed by atoms with Crippen LogP contribution in [0.1, 0.15) is 13.8 Å². The largest absolute Gasteiger partial charge is 0.316 e. The van der Waals surface area contributed by atoms with E-state index in [1.807, 2.05) is 0 Å². The van der Waals surface area contributed by atoms with E-state index in [2.05, 4.69) is 19.2 Å². The van der Waals surface area contributed by atoms with Gasteiger partial charge in [0.2, 0.25) is 0 Å². The first-order valence-electron chi connectivity index (χ1n) is 3.01. The topological polar surface area (TPSA) is 12.0 Å². The second-order valence-electron chi connectivity index (χ2n) is 2.66. The van der Waals surface area contributed by atoms with E-state index in [1.54, 1.807) is 0 Å². The lowest BCUT2D eigenvalue weighted by molar-refractivity contribution is 0.265. The van der Waals surface area contributed by atoms with Gasteiger partial charge in [0.1, 0.15) is 0 Å². The van der Waals surface area contributed by atoms with Crippen molar-refractivity contribution in [2.45, 2.75) is 13.8 Å². The second kappa shape index (κ2) is 3.31.